The molecule has 2 saturated heterocycles. The molecule has 19 heavy (non-hydrogen) atoms. The lowest BCUT2D eigenvalue weighted by Gasteiger charge is -2.46. The number of nitrogens with two attached hydrogens (primary N) is 1. The molecule has 4 nitrogen and oxygen atoms in total. The van der Waals surface area contributed by atoms with Gasteiger partial charge in [0.1, 0.15) is 0 Å². The van der Waals surface area contributed by atoms with Crippen molar-refractivity contribution in [3.8, 4) is 0 Å². The van der Waals surface area contributed by atoms with E-state index in [0.717, 1.165) is 32.4 Å². The van der Waals surface area contributed by atoms with Crippen molar-refractivity contribution in [2.45, 2.75) is 57.5 Å². The van der Waals surface area contributed by atoms with Crippen LogP contribution in [0, 0.1) is 5.92 Å². The molecule has 2 aliphatic rings. The van der Waals surface area contributed by atoms with E-state index in [2.05, 4.69) is 25.8 Å². The Morgan fingerprint density at radius 1 is 1.32 bits per heavy atom. The second kappa shape index (κ2) is 5.80. The number of rotatable bonds is 3. The minimum Gasteiger partial charge on any atom is -0.336 e. The molecular formula is C15H29N3O. The number of piperidine rings is 1. The predicted molar refractivity (Wildman–Crippen MR) is 77.8 cm³/mol. The molecule has 1 amide bonds. The van der Waals surface area contributed by atoms with Gasteiger partial charge in [-0.1, -0.05) is 0 Å². The monoisotopic (exact) mass is 267 g/mol. The van der Waals surface area contributed by atoms with Crippen molar-refractivity contribution in [2.24, 2.45) is 11.7 Å². The molecule has 0 spiro atoms. The van der Waals surface area contributed by atoms with Gasteiger partial charge in [0.15, 0.2) is 0 Å². The number of likely N-dealkylation sites (tertiary alicyclic amines) is 2. The molecule has 0 saturated carbocycles. The standard InChI is InChI=1S/C15H29N3O/c1-15(2)13(16)5-4-9-18(15)14(19)7-6-12-8-10-17(3)11-12/h12-13H,4-11,16H2,1-3H3. The van der Waals surface area contributed by atoms with Gasteiger partial charge in [0.2, 0.25) is 5.91 Å². The number of carbonyl (C=O) groups is 1. The minimum absolute atomic E-state index is 0.114. The van der Waals surface area contributed by atoms with Crippen LogP contribution in [0.4, 0.5) is 0 Å². The first-order chi connectivity index (χ1) is 8.91. The van der Waals surface area contributed by atoms with E-state index in [9.17, 15) is 4.79 Å². The van der Waals surface area contributed by atoms with Crippen LogP contribution in [0.5, 0.6) is 0 Å². The Bertz CT molecular complexity index is 329. The molecule has 110 valence electrons. The van der Waals surface area contributed by atoms with Crippen molar-refractivity contribution in [3.05, 3.63) is 0 Å². The molecule has 0 radical (unpaired) electrons. The zero-order chi connectivity index (χ0) is 14.0. The van der Waals surface area contributed by atoms with Crippen LogP contribution < -0.4 is 5.73 Å². The molecular weight excluding hydrogens is 238 g/mol. The normalized spacial score (nSPS) is 31.7. The summed E-state index contributed by atoms with van der Waals surface area (Å²) in [7, 11) is 2.16. The zero-order valence-electron chi connectivity index (χ0n) is 12.7. The average Bonchev–Trinajstić information content (AvgIpc) is 2.75. The largest absolute Gasteiger partial charge is 0.336 e. The smallest absolute Gasteiger partial charge is 0.223 e. The summed E-state index contributed by atoms with van der Waals surface area (Å²) in [6.45, 7) is 7.43. The molecule has 2 rings (SSSR count). The molecule has 2 unspecified atom stereocenters. The Morgan fingerprint density at radius 2 is 2.05 bits per heavy atom. The Morgan fingerprint density at radius 3 is 2.68 bits per heavy atom. The summed E-state index contributed by atoms with van der Waals surface area (Å²) in [5.41, 5.74) is 6.00. The van der Waals surface area contributed by atoms with E-state index in [1.54, 1.807) is 0 Å². The van der Waals surface area contributed by atoms with E-state index < -0.39 is 0 Å². The van der Waals surface area contributed by atoms with Crippen LogP contribution in [-0.2, 0) is 4.79 Å². The quantitative estimate of drug-likeness (QED) is 0.842. The van der Waals surface area contributed by atoms with E-state index in [4.69, 9.17) is 5.73 Å². The maximum Gasteiger partial charge on any atom is 0.223 e. The Balaban J connectivity index is 1.85. The lowest BCUT2D eigenvalue weighted by Crippen LogP contribution is -2.61. The number of nitrogens with zero attached hydrogens (tertiary/aromatic N) is 2. The zero-order valence-corrected chi connectivity index (χ0v) is 12.7. The lowest BCUT2D eigenvalue weighted by atomic mass is 9.85. The molecule has 0 aromatic rings. The van der Waals surface area contributed by atoms with Gasteiger partial charge in [-0.05, 0) is 59.0 Å². The Hall–Kier alpha value is -0.610. The first-order valence-electron chi connectivity index (χ1n) is 7.66. The third-order valence-electron chi connectivity index (χ3n) is 5.06. The summed E-state index contributed by atoms with van der Waals surface area (Å²) in [6.07, 6.45) is 5.04. The molecule has 2 heterocycles. The van der Waals surface area contributed by atoms with E-state index in [0.29, 0.717) is 18.2 Å². The molecule has 0 aromatic heterocycles. The first-order valence-corrected chi connectivity index (χ1v) is 7.66. The third kappa shape index (κ3) is 3.29. The van der Waals surface area contributed by atoms with Crippen LogP contribution in [0.3, 0.4) is 0 Å². The SMILES string of the molecule is CN1CCC(CCC(=O)N2CCCC(N)C2(C)C)C1. The second-order valence-electron chi connectivity index (χ2n) is 6.90. The first kappa shape index (κ1) is 14.8. The molecule has 0 aromatic carbocycles. The third-order valence-corrected chi connectivity index (χ3v) is 5.06. The van der Waals surface area contributed by atoms with Crippen molar-refractivity contribution in [1.29, 1.82) is 0 Å². The fraction of sp³-hybridized carbons (Fsp3) is 0.933. The number of hydrogen-bond donors (Lipinski definition) is 1. The van der Waals surface area contributed by atoms with Gasteiger partial charge in [0.05, 0.1) is 5.54 Å². The molecule has 2 N–H and O–H groups in total. The maximum atomic E-state index is 12.5. The molecule has 0 aliphatic carbocycles. The predicted octanol–water partition coefficient (Wildman–Crippen LogP) is 1.45. The van der Waals surface area contributed by atoms with Gasteiger partial charge in [0.25, 0.3) is 0 Å². The van der Waals surface area contributed by atoms with Crippen LogP contribution in [0.2, 0.25) is 0 Å². The van der Waals surface area contributed by atoms with Gasteiger partial charge in [-0.3, -0.25) is 4.79 Å². The summed E-state index contributed by atoms with van der Waals surface area (Å²) < 4.78 is 0. The van der Waals surface area contributed by atoms with Crippen LogP contribution >= 0.6 is 0 Å². The van der Waals surface area contributed by atoms with Gasteiger partial charge in [-0.25, -0.2) is 0 Å². The minimum atomic E-state index is -0.179. The van der Waals surface area contributed by atoms with E-state index in [1.165, 1.54) is 13.0 Å². The van der Waals surface area contributed by atoms with Gasteiger partial charge < -0.3 is 15.5 Å². The summed E-state index contributed by atoms with van der Waals surface area (Å²) in [6, 6.07) is 0.114. The van der Waals surface area contributed by atoms with Crippen LogP contribution in [-0.4, -0.2) is 54.0 Å². The fourth-order valence-corrected chi connectivity index (χ4v) is 3.48. The van der Waals surface area contributed by atoms with Crippen molar-refractivity contribution < 1.29 is 4.79 Å². The van der Waals surface area contributed by atoms with Crippen molar-refractivity contribution in [1.82, 2.24) is 9.80 Å². The molecule has 2 aliphatic heterocycles. The van der Waals surface area contributed by atoms with E-state index in [1.807, 2.05) is 4.90 Å². The van der Waals surface area contributed by atoms with E-state index >= 15 is 0 Å². The fourth-order valence-electron chi connectivity index (χ4n) is 3.48. The average molecular weight is 267 g/mol. The van der Waals surface area contributed by atoms with Gasteiger partial charge in [-0.15, -0.1) is 0 Å². The Kier molecular flexibility index (Phi) is 4.51. The molecule has 0 bridgehead atoms. The van der Waals surface area contributed by atoms with Gasteiger partial charge in [0, 0.05) is 25.6 Å². The highest BCUT2D eigenvalue weighted by Gasteiger charge is 2.38. The topological polar surface area (TPSA) is 49.6 Å². The lowest BCUT2D eigenvalue weighted by molar-refractivity contribution is -0.139. The van der Waals surface area contributed by atoms with Crippen molar-refractivity contribution in [2.75, 3.05) is 26.7 Å². The Labute approximate surface area is 117 Å². The highest BCUT2D eigenvalue weighted by molar-refractivity contribution is 5.77. The number of hydrogen-bond acceptors (Lipinski definition) is 3. The highest BCUT2D eigenvalue weighted by atomic mass is 16.2. The summed E-state index contributed by atoms with van der Waals surface area (Å²) in [4.78, 5) is 16.8. The summed E-state index contributed by atoms with van der Waals surface area (Å²) in [5, 5.41) is 0. The maximum absolute atomic E-state index is 12.5. The highest BCUT2D eigenvalue weighted by Crippen LogP contribution is 2.28. The summed E-state index contributed by atoms with van der Waals surface area (Å²) >= 11 is 0. The van der Waals surface area contributed by atoms with Crippen LogP contribution in [0.25, 0.3) is 0 Å². The molecule has 4 heteroatoms. The number of amides is 1. The van der Waals surface area contributed by atoms with Crippen molar-refractivity contribution >= 4 is 5.91 Å². The molecule has 2 fully saturated rings. The summed E-state index contributed by atoms with van der Waals surface area (Å²) in [5.74, 6) is 1.00. The van der Waals surface area contributed by atoms with Gasteiger partial charge >= 0.3 is 0 Å². The van der Waals surface area contributed by atoms with E-state index in [-0.39, 0.29) is 11.6 Å². The van der Waals surface area contributed by atoms with Crippen molar-refractivity contribution in [3.63, 3.8) is 0 Å². The second-order valence-corrected chi connectivity index (χ2v) is 6.90. The van der Waals surface area contributed by atoms with Gasteiger partial charge in [-0.2, -0.15) is 0 Å². The number of carbonyl (C=O) groups excluding carboxylic acids is 1. The van der Waals surface area contributed by atoms with Crippen LogP contribution in [0.15, 0.2) is 0 Å². The molecule has 2 atom stereocenters. The van der Waals surface area contributed by atoms with Crippen LogP contribution in [0.1, 0.15) is 46.0 Å².